The highest BCUT2D eigenvalue weighted by atomic mass is 32.2. The van der Waals surface area contributed by atoms with Gasteiger partial charge in [0.1, 0.15) is 5.75 Å². The molecule has 1 unspecified atom stereocenters. The summed E-state index contributed by atoms with van der Waals surface area (Å²) in [6.45, 7) is 1.26. The molecule has 150 valence electrons. The van der Waals surface area contributed by atoms with E-state index in [0.717, 1.165) is 29.9 Å². The minimum atomic E-state index is -0.300. The van der Waals surface area contributed by atoms with Gasteiger partial charge >= 0.3 is 5.97 Å². The molecule has 1 aliphatic heterocycles. The lowest BCUT2D eigenvalue weighted by Crippen LogP contribution is -2.25. The number of carbonyl (C=O) groups excluding carboxylic acids is 1. The average molecular weight is 403 g/mol. The van der Waals surface area contributed by atoms with Crippen molar-refractivity contribution in [2.75, 3.05) is 27.4 Å². The number of carbonyl (C=O) groups is 1. The highest BCUT2D eigenvalue weighted by Gasteiger charge is 2.27. The van der Waals surface area contributed by atoms with Gasteiger partial charge in [0.15, 0.2) is 6.29 Å². The molecule has 1 atom stereocenters. The van der Waals surface area contributed by atoms with Crippen LogP contribution in [0, 0.1) is 0 Å². The summed E-state index contributed by atoms with van der Waals surface area (Å²) in [6, 6.07) is 15.7. The van der Waals surface area contributed by atoms with E-state index < -0.39 is 0 Å². The summed E-state index contributed by atoms with van der Waals surface area (Å²) in [7, 11) is 3.08. The Balaban J connectivity index is 1.64. The van der Waals surface area contributed by atoms with Crippen LogP contribution in [0.5, 0.6) is 5.75 Å². The Kier molecular flexibility index (Phi) is 7.77. The summed E-state index contributed by atoms with van der Waals surface area (Å²) in [5.41, 5.74) is 2.84. The molecular formula is C22H26O5S. The molecule has 0 bridgehead atoms. The molecule has 0 aliphatic carbocycles. The quantitative estimate of drug-likeness (QED) is 0.589. The lowest BCUT2D eigenvalue weighted by atomic mass is 10.0. The first-order chi connectivity index (χ1) is 13.7. The van der Waals surface area contributed by atoms with Crippen molar-refractivity contribution in [2.45, 2.75) is 30.1 Å². The van der Waals surface area contributed by atoms with E-state index >= 15 is 0 Å². The molecule has 1 saturated heterocycles. The Morgan fingerprint density at radius 2 is 1.82 bits per heavy atom. The van der Waals surface area contributed by atoms with E-state index in [4.69, 9.17) is 18.9 Å². The molecule has 1 heterocycles. The van der Waals surface area contributed by atoms with E-state index in [9.17, 15) is 4.79 Å². The second-order valence-corrected chi connectivity index (χ2v) is 7.72. The third kappa shape index (κ3) is 5.50. The fraction of sp³-hybridized carbons (Fsp3) is 0.409. The van der Waals surface area contributed by atoms with Crippen LogP contribution in [0.15, 0.2) is 48.5 Å². The zero-order valence-electron chi connectivity index (χ0n) is 16.3. The van der Waals surface area contributed by atoms with Gasteiger partial charge in [0, 0.05) is 5.75 Å². The maximum absolute atomic E-state index is 12.0. The fourth-order valence-corrected chi connectivity index (χ4v) is 4.36. The predicted octanol–water partition coefficient (Wildman–Crippen LogP) is 4.09. The zero-order valence-corrected chi connectivity index (χ0v) is 17.1. The SMILES string of the molecule is COC(=O)c1ccccc1CCC(SCc1ccc(OC)cc1)C1OCCO1. The lowest BCUT2D eigenvalue weighted by molar-refractivity contribution is -0.0427. The first-order valence-electron chi connectivity index (χ1n) is 9.35. The average Bonchev–Trinajstić information content (AvgIpc) is 3.28. The second-order valence-electron chi connectivity index (χ2n) is 6.49. The Bertz CT molecular complexity index is 756. The van der Waals surface area contributed by atoms with Crippen molar-refractivity contribution in [2.24, 2.45) is 0 Å². The van der Waals surface area contributed by atoms with Crippen molar-refractivity contribution in [3.8, 4) is 5.75 Å². The van der Waals surface area contributed by atoms with Crippen LogP contribution >= 0.6 is 11.8 Å². The minimum absolute atomic E-state index is 0.176. The van der Waals surface area contributed by atoms with Crippen molar-refractivity contribution in [1.29, 1.82) is 0 Å². The molecule has 6 heteroatoms. The number of ether oxygens (including phenoxy) is 4. The Hall–Kier alpha value is -2.02. The maximum atomic E-state index is 12.0. The minimum Gasteiger partial charge on any atom is -0.497 e. The van der Waals surface area contributed by atoms with Crippen molar-refractivity contribution in [3.63, 3.8) is 0 Å². The fourth-order valence-electron chi connectivity index (χ4n) is 3.16. The van der Waals surface area contributed by atoms with E-state index in [1.807, 2.05) is 48.2 Å². The molecule has 0 spiro atoms. The van der Waals surface area contributed by atoms with Crippen molar-refractivity contribution < 1.29 is 23.7 Å². The third-order valence-electron chi connectivity index (χ3n) is 4.70. The molecule has 1 aliphatic rings. The second kappa shape index (κ2) is 10.5. The first-order valence-corrected chi connectivity index (χ1v) is 10.4. The van der Waals surface area contributed by atoms with E-state index in [1.165, 1.54) is 12.7 Å². The van der Waals surface area contributed by atoms with E-state index in [-0.39, 0.29) is 17.5 Å². The third-order valence-corrected chi connectivity index (χ3v) is 6.08. The van der Waals surface area contributed by atoms with Crippen molar-refractivity contribution in [1.82, 2.24) is 0 Å². The number of esters is 1. The van der Waals surface area contributed by atoms with Gasteiger partial charge in [-0.25, -0.2) is 4.79 Å². The molecule has 3 rings (SSSR count). The molecule has 0 radical (unpaired) electrons. The Morgan fingerprint density at radius 3 is 2.50 bits per heavy atom. The molecule has 2 aromatic rings. The van der Waals surface area contributed by atoms with Crippen LogP contribution in [0.3, 0.4) is 0 Å². The van der Waals surface area contributed by atoms with Crippen LogP contribution in [0.25, 0.3) is 0 Å². The first kappa shape index (κ1) is 20.7. The molecule has 28 heavy (non-hydrogen) atoms. The van der Waals surface area contributed by atoms with Crippen LogP contribution in [0.2, 0.25) is 0 Å². The van der Waals surface area contributed by atoms with Crippen LogP contribution in [-0.2, 0) is 26.4 Å². The maximum Gasteiger partial charge on any atom is 0.338 e. The van der Waals surface area contributed by atoms with Gasteiger partial charge in [-0.3, -0.25) is 0 Å². The topological polar surface area (TPSA) is 54.0 Å². The highest BCUT2D eigenvalue weighted by Crippen LogP contribution is 2.29. The summed E-state index contributed by atoms with van der Waals surface area (Å²) in [5.74, 6) is 1.41. The van der Waals surface area contributed by atoms with Crippen LogP contribution in [0.1, 0.15) is 27.9 Å². The zero-order chi connectivity index (χ0) is 19.8. The molecule has 0 aromatic heterocycles. The summed E-state index contributed by atoms with van der Waals surface area (Å²) < 4.78 is 21.7. The number of methoxy groups -OCH3 is 2. The molecule has 0 saturated carbocycles. The number of benzene rings is 2. The Labute approximate surface area is 170 Å². The van der Waals surface area contributed by atoms with Crippen molar-refractivity contribution in [3.05, 3.63) is 65.2 Å². The summed E-state index contributed by atoms with van der Waals surface area (Å²) in [5, 5.41) is 0.176. The molecule has 5 nitrogen and oxygen atoms in total. The lowest BCUT2D eigenvalue weighted by Gasteiger charge is -2.22. The van der Waals surface area contributed by atoms with Crippen LogP contribution in [-0.4, -0.2) is 44.9 Å². The summed E-state index contributed by atoms with van der Waals surface area (Å²) in [4.78, 5) is 12.0. The van der Waals surface area contributed by atoms with Gasteiger partial charge in [-0.15, -0.1) is 11.8 Å². The van der Waals surface area contributed by atoms with Crippen molar-refractivity contribution >= 4 is 17.7 Å². The molecule has 2 aromatic carbocycles. The summed E-state index contributed by atoms with van der Waals surface area (Å²) in [6.07, 6.45) is 1.39. The van der Waals surface area contributed by atoms with Gasteiger partial charge in [-0.05, 0) is 42.2 Å². The van der Waals surface area contributed by atoms with Gasteiger partial charge in [0.25, 0.3) is 0 Å². The molecule has 0 amide bonds. The van der Waals surface area contributed by atoms with E-state index in [2.05, 4.69) is 12.1 Å². The van der Waals surface area contributed by atoms with Gasteiger partial charge in [-0.2, -0.15) is 0 Å². The standard InChI is InChI=1S/C22H26O5S/c1-24-18-10-7-16(8-11-18)15-28-20(22-26-13-14-27-22)12-9-17-5-3-4-6-19(17)21(23)25-2/h3-8,10-11,20,22H,9,12-15H2,1-2H3. The van der Waals surface area contributed by atoms with Gasteiger partial charge in [0.2, 0.25) is 0 Å². The largest absolute Gasteiger partial charge is 0.497 e. The predicted molar refractivity (Wildman–Crippen MR) is 110 cm³/mol. The number of thioether (sulfide) groups is 1. The van der Waals surface area contributed by atoms with Crippen LogP contribution in [0.4, 0.5) is 0 Å². The number of hydrogen-bond donors (Lipinski definition) is 0. The van der Waals surface area contributed by atoms with Gasteiger partial charge in [-0.1, -0.05) is 30.3 Å². The monoisotopic (exact) mass is 402 g/mol. The Morgan fingerprint density at radius 1 is 1.11 bits per heavy atom. The normalized spacial score (nSPS) is 15.4. The van der Waals surface area contributed by atoms with Crippen LogP contribution < -0.4 is 4.74 Å². The number of hydrogen-bond acceptors (Lipinski definition) is 6. The smallest absolute Gasteiger partial charge is 0.338 e. The van der Waals surface area contributed by atoms with Gasteiger partial charge in [0.05, 0.1) is 38.2 Å². The summed E-state index contributed by atoms with van der Waals surface area (Å²) >= 11 is 1.82. The van der Waals surface area contributed by atoms with E-state index in [0.29, 0.717) is 18.8 Å². The highest BCUT2D eigenvalue weighted by molar-refractivity contribution is 7.99. The van der Waals surface area contributed by atoms with E-state index in [1.54, 1.807) is 7.11 Å². The molecular weight excluding hydrogens is 376 g/mol. The number of aryl methyl sites for hydroxylation is 1. The van der Waals surface area contributed by atoms with Gasteiger partial charge < -0.3 is 18.9 Å². The number of rotatable bonds is 9. The molecule has 0 N–H and O–H groups in total. The molecule has 1 fully saturated rings.